The zero-order chi connectivity index (χ0) is 20.8. The second-order valence-electron chi connectivity index (χ2n) is 7.71. The Balaban J connectivity index is 1.74. The minimum absolute atomic E-state index is 0.0586. The molecule has 1 amide bonds. The highest BCUT2D eigenvalue weighted by Crippen LogP contribution is 2.46. The summed E-state index contributed by atoms with van der Waals surface area (Å²) in [7, 11) is 1.56. The van der Waals surface area contributed by atoms with Crippen molar-refractivity contribution in [2.75, 3.05) is 26.8 Å². The minimum atomic E-state index is -1.34. The molecule has 7 nitrogen and oxygen atoms in total. The Morgan fingerprint density at radius 3 is 2.62 bits per heavy atom. The number of halogens is 2. The Kier molecular flexibility index (Phi) is 5.65. The van der Waals surface area contributed by atoms with Crippen molar-refractivity contribution in [3.8, 4) is 0 Å². The summed E-state index contributed by atoms with van der Waals surface area (Å²) in [5.74, 6) is -2.95. The zero-order valence-electron chi connectivity index (χ0n) is 16.5. The van der Waals surface area contributed by atoms with Crippen LogP contribution in [0.25, 0.3) is 0 Å². The number of nitrogens with zero attached hydrogens (tertiary/aromatic N) is 2. The summed E-state index contributed by atoms with van der Waals surface area (Å²) in [6, 6.07) is 3.04. The molecule has 2 atom stereocenters. The van der Waals surface area contributed by atoms with Gasteiger partial charge in [0.15, 0.2) is 12.1 Å². The minimum Gasteiger partial charge on any atom is -0.350 e. The van der Waals surface area contributed by atoms with Crippen molar-refractivity contribution in [2.45, 2.75) is 50.4 Å². The molecule has 29 heavy (non-hydrogen) atoms. The Morgan fingerprint density at radius 1 is 1.28 bits per heavy atom. The Bertz CT molecular complexity index is 821. The van der Waals surface area contributed by atoms with Crippen LogP contribution in [0, 0.1) is 12.7 Å². The highest BCUT2D eigenvalue weighted by Gasteiger charge is 2.62. The molecule has 0 bridgehead atoms. The second-order valence-corrected chi connectivity index (χ2v) is 8.12. The first kappa shape index (κ1) is 20.7. The average molecular weight is 427 g/mol. The average Bonchev–Trinajstić information content (AvgIpc) is 3.30. The Labute approximate surface area is 173 Å². The highest BCUT2D eigenvalue weighted by molar-refractivity contribution is 6.32. The van der Waals surface area contributed by atoms with Crippen LogP contribution in [0.15, 0.2) is 12.1 Å². The van der Waals surface area contributed by atoms with Crippen LogP contribution in [-0.4, -0.2) is 60.5 Å². The van der Waals surface area contributed by atoms with Gasteiger partial charge in [0.05, 0.1) is 13.7 Å². The monoisotopic (exact) mass is 426 g/mol. The molecule has 3 saturated heterocycles. The third kappa shape index (κ3) is 3.37. The summed E-state index contributed by atoms with van der Waals surface area (Å²) in [5, 5.41) is 2.94. The molecule has 0 radical (unpaired) electrons. The van der Waals surface area contributed by atoms with E-state index in [0.29, 0.717) is 44.5 Å². The number of hydrogen-bond acceptors (Lipinski definition) is 6. The Hall–Kier alpha value is -1.58. The van der Waals surface area contributed by atoms with Crippen LogP contribution in [0.4, 0.5) is 4.39 Å². The fraction of sp³-hybridized carbons (Fsp3) is 0.600. The highest BCUT2D eigenvalue weighted by atomic mass is 35.5. The van der Waals surface area contributed by atoms with Crippen LogP contribution >= 0.6 is 11.6 Å². The lowest BCUT2D eigenvalue weighted by atomic mass is 9.80. The summed E-state index contributed by atoms with van der Waals surface area (Å²) in [5.41, 5.74) is -0.942. The Morgan fingerprint density at radius 2 is 2.00 bits per heavy atom. The maximum absolute atomic E-state index is 15.0. The van der Waals surface area contributed by atoms with Gasteiger partial charge in [-0.05, 0) is 37.8 Å². The molecule has 0 N–H and O–H groups in total. The molecule has 1 spiro atoms. The molecule has 3 heterocycles. The number of amides is 1. The summed E-state index contributed by atoms with van der Waals surface area (Å²) < 4.78 is 20.5. The third-order valence-electron chi connectivity index (χ3n) is 6.08. The van der Waals surface area contributed by atoms with Crippen molar-refractivity contribution in [3.05, 3.63) is 34.1 Å². The third-order valence-corrected chi connectivity index (χ3v) is 6.41. The van der Waals surface area contributed by atoms with E-state index in [9.17, 15) is 14.0 Å². The molecule has 0 aliphatic carbocycles. The first-order valence-electron chi connectivity index (χ1n) is 9.79. The maximum atomic E-state index is 15.0. The number of rotatable bonds is 4. The molecular formula is C20H24ClFN2O5. The number of ketones is 1. The quantitative estimate of drug-likeness (QED) is 0.690. The smallest absolute Gasteiger partial charge is 0.262 e. The van der Waals surface area contributed by atoms with Gasteiger partial charge in [0.25, 0.3) is 5.91 Å². The van der Waals surface area contributed by atoms with Crippen molar-refractivity contribution < 1.29 is 28.4 Å². The summed E-state index contributed by atoms with van der Waals surface area (Å²) in [6.45, 7) is 2.99. The van der Waals surface area contributed by atoms with Gasteiger partial charge in [-0.3, -0.25) is 9.59 Å². The van der Waals surface area contributed by atoms with E-state index < -0.39 is 29.5 Å². The lowest BCUT2D eigenvalue weighted by Crippen LogP contribution is -2.56. The number of hydroxylamine groups is 4. The van der Waals surface area contributed by atoms with E-state index in [1.807, 2.05) is 0 Å². The van der Waals surface area contributed by atoms with Crippen LogP contribution in [-0.2, 0) is 24.0 Å². The number of carbonyl (C=O) groups excluding carboxylic acids is 2. The number of piperidine rings is 1. The predicted molar refractivity (Wildman–Crippen MR) is 101 cm³/mol. The van der Waals surface area contributed by atoms with Crippen molar-refractivity contribution in [2.24, 2.45) is 0 Å². The molecule has 3 aliphatic rings. The van der Waals surface area contributed by atoms with Crippen LogP contribution < -0.4 is 0 Å². The number of ether oxygens (including phenoxy) is 1. The van der Waals surface area contributed by atoms with Gasteiger partial charge >= 0.3 is 0 Å². The fourth-order valence-electron chi connectivity index (χ4n) is 4.40. The van der Waals surface area contributed by atoms with Crippen LogP contribution in [0.2, 0.25) is 5.02 Å². The SMILES string of the molecule is CON1CCC2(CC1)C(=O)C(c1c(Cl)ccc(C)c1F)C(=O)N2OC1CCCO1. The first-order chi connectivity index (χ1) is 13.9. The van der Waals surface area contributed by atoms with Crippen LogP contribution in [0.1, 0.15) is 42.7 Å². The van der Waals surface area contributed by atoms with Gasteiger partial charge < -0.3 is 9.57 Å². The van der Waals surface area contributed by atoms with Gasteiger partial charge in [-0.15, -0.1) is 0 Å². The van der Waals surface area contributed by atoms with E-state index in [2.05, 4.69) is 0 Å². The molecule has 3 fully saturated rings. The number of aryl methyl sites for hydroxylation is 1. The van der Waals surface area contributed by atoms with Gasteiger partial charge in [-0.2, -0.15) is 5.06 Å². The van der Waals surface area contributed by atoms with Crippen LogP contribution in [0.3, 0.4) is 0 Å². The second kappa shape index (κ2) is 7.92. The van der Waals surface area contributed by atoms with Gasteiger partial charge in [0.2, 0.25) is 0 Å². The standard InChI is InChI=1S/C20H24ClFN2O5/c1-12-5-6-13(21)15(17(12)22)16-18(25)20(7-9-23(27-2)10-8-20)24(19(16)26)29-14-4-3-11-28-14/h5-6,14,16H,3-4,7-11H2,1-2H3. The van der Waals surface area contributed by atoms with Gasteiger partial charge in [0, 0.05) is 30.1 Å². The lowest BCUT2D eigenvalue weighted by molar-refractivity contribution is -0.288. The molecule has 2 unspecified atom stereocenters. The first-order valence-corrected chi connectivity index (χ1v) is 10.2. The predicted octanol–water partition coefficient (Wildman–Crippen LogP) is 2.75. The van der Waals surface area contributed by atoms with Crippen molar-refractivity contribution >= 4 is 23.3 Å². The number of benzene rings is 1. The molecule has 0 aromatic heterocycles. The van der Waals surface area contributed by atoms with Crippen molar-refractivity contribution in [1.82, 2.24) is 10.1 Å². The summed E-state index contributed by atoms with van der Waals surface area (Å²) in [4.78, 5) is 38.2. The molecule has 1 aromatic carbocycles. The molecule has 1 aromatic rings. The fourth-order valence-corrected chi connectivity index (χ4v) is 4.65. The van der Waals surface area contributed by atoms with E-state index in [1.165, 1.54) is 12.1 Å². The van der Waals surface area contributed by atoms with E-state index in [0.717, 1.165) is 11.5 Å². The normalized spacial score (nSPS) is 27.4. The maximum Gasteiger partial charge on any atom is 0.262 e. The molecule has 0 saturated carbocycles. The molecule has 4 rings (SSSR count). The van der Waals surface area contributed by atoms with Gasteiger partial charge in [-0.1, -0.05) is 17.7 Å². The van der Waals surface area contributed by atoms with Crippen molar-refractivity contribution in [1.29, 1.82) is 0 Å². The topological polar surface area (TPSA) is 68.3 Å². The molecule has 9 heteroatoms. The van der Waals surface area contributed by atoms with E-state index in [-0.39, 0.29) is 16.4 Å². The van der Waals surface area contributed by atoms with Crippen LogP contribution in [0.5, 0.6) is 0 Å². The van der Waals surface area contributed by atoms with E-state index in [4.69, 9.17) is 26.0 Å². The van der Waals surface area contributed by atoms with E-state index in [1.54, 1.807) is 19.1 Å². The number of hydrogen-bond donors (Lipinski definition) is 0. The van der Waals surface area contributed by atoms with Gasteiger partial charge in [-0.25, -0.2) is 14.3 Å². The molecule has 158 valence electrons. The zero-order valence-corrected chi connectivity index (χ0v) is 17.2. The van der Waals surface area contributed by atoms with Crippen molar-refractivity contribution in [3.63, 3.8) is 0 Å². The van der Waals surface area contributed by atoms with Gasteiger partial charge in [0.1, 0.15) is 17.3 Å². The number of carbonyl (C=O) groups is 2. The summed E-state index contributed by atoms with van der Waals surface area (Å²) >= 11 is 6.25. The number of Topliss-reactive ketones (excluding diaryl/α,β-unsaturated/α-hetero) is 1. The summed E-state index contributed by atoms with van der Waals surface area (Å²) in [6.07, 6.45) is 1.48. The lowest BCUT2D eigenvalue weighted by Gasteiger charge is -2.42. The largest absolute Gasteiger partial charge is 0.350 e. The van der Waals surface area contributed by atoms with E-state index >= 15 is 0 Å². The molecular weight excluding hydrogens is 403 g/mol. The molecule has 3 aliphatic heterocycles.